The van der Waals surface area contributed by atoms with Crippen LogP contribution in [0.5, 0.6) is 0 Å². The van der Waals surface area contributed by atoms with E-state index in [-0.39, 0.29) is 29.4 Å². The number of carbonyl (C=O) groups is 2. The first kappa shape index (κ1) is 25.0. The van der Waals surface area contributed by atoms with Crippen LogP contribution in [0.2, 0.25) is 5.02 Å². The van der Waals surface area contributed by atoms with Crippen LogP contribution < -0.4 is 4.90 Å². The van der Waals surface area contributed by atoms with Crippen LogP contribution in [0, 0.1) is 5.41 Å². The smallest absolute Gasteiger partial charge is 0.253 e. The number of benzene rings is 1. The van der Waals surface area contributed by atoms with E-state index in [1.165, 1.54) is 0 Å². The van der Waals surface area contributed by atoms with Crippen molar-refractivity contribution < 1.29 is 14.7 Å². The number of anilines is 1. The number of nitrogens with zero attached hydrogens (tertiary/aromatic N) is 4. The Kier molecular flexibility index (Phi) is 6.97. The van der Waals surface area contributed by atoms with E-state index >= 15 is 0 Å². The molecule has 2 aliphatic heterocycles. The zero-order chi connectivity index (χ0) is 25.4. The van der Waals surface area contributed by atoms with Crippen molar-refractivity contribution in [3.05, 3.63) is 47.1 Å². The van der Waals surface area contributed by atoms with Crippen molar-refractivity contribution in [1.29, 1.82) is 0 Å². The predicted molar refractivity (Wildman–Crippen MR) is 141 cm³/mol. The van der Waals surface area contributed by atoms with Gasteiger partial charge in [-0.2, -0.15) is 0 Å². The maximum absolute atomic E-state index is 13.6. The Hall–Kier alpha value is -2.64. The van der Waals surface area contributed by atoms with Gasteiger partial charge in [-0.15, -0.1) is 0 Å². The molecule has 3 fully saturated rings. The van der Waals surface area contributed by atoms with Crippen molar-refractivity contribution in [1.82, 2.24) is 14.8 Å². The van der Waals surface area contributed by atoms with Gasteiger partial charge in [-0.3, -0.25) is 9.59 Å². The number of amides is 2. The van der Waals surface area contributed by atoms with Crippen molar-refractivity contribution in [2.75, 3.05) is 38.6 Å². The van der Waals surface area contributed by atoms with Crippen molar-refractivity contribution in [3.8, 4) is 11.1 Å². The third kappa shape index (κ3) is 4.71. The Bertz CT molecular complexity index is 1130. The highest BCUT2D eigenvalue weighted by Crippen LogP contribution is 2.44. The average molecular weight is 511 g/mol. The molecular weight excluding hydrogens is 476 g/mol. The largest absolute Gasteiger partial charge is 0.393 e. The fourth-order valence-corrected chi connectivity index (χ4v) is 6.43. The highest BCUT2D eigenvalue weighted by molar-refractivity contribution is 6.33. The third-order valence-corrected chi connectivity index (χ3v) is 8.50. The molecule has 1 saturated carbocycles. The number of rotatable bonds is 4. The van der Waals surface area contributed by atoms with Gasteiger partial charge in [0.05, 0.1) is 16.5 Å². The van der Waals surface area contributed by atoms with Gasteiger partial charge < -0.3 is 19.8 Å². The van der Waals surface area contributed by atoms with E-state index in [4.69, 9.17) is 16.6 Å². The maximum atomic E-state index is 13.6. The minimum absolute atomic E-state index is 0.0341. The molecule has 7 nitrogen and oxygen atoms in total. The Labute approximate surface area is 218 Å². The summed E-state index contributed by atoms with van der Waals surface area (Å²) >= 11 is 6.75. The van der Waals surface area contributed by atoms with Crippen LogP contribution in [0.4, 0.5) is 5.82 Å². The van der Waals surface area contributed by atoms with E-state index in [1.54, 1.807) is 19.0 Å². The summed E-state index contributed by atoms with van der Waals surface area (Å²) in [6.45, 7) is 2.28. The predicted octanol–water partition coefficient (Wildman–Crippen LogP) is 4.23. The van der Waals surface area contributed by atoms with Crippen molar-refractivity contribution in [2.24, 2.45) is 5.41 Å². The Morgan fingerprint density at radius 3 is 2.47 bits per heavy atom. The quantitative estimate of drug-likeness (QED) is 0.666. The normalized spacial score (nSPS) is 26.5. The molecule has 2 saturated heterocycles. The topological polar surface area (TPSA) is 77.0 Å². The SMILES string of the molecule is CN(C)C(=O)c1ccc(-c2cnc(N3CCC[C@@]4(CCN(C5CCC(O)CC5)C4=O)C3)c(Cl)c2)cc1. The van der Waals surface area contributed by atoms with Crippen LogP contribution in [0.3, 0.4) is 0 Å². The lowest BCUT2D eigenvalue weighted by atomic mass is 9.78. The molecule has 3 aliphatic rings. The number of pyridine rings is 1. The van der Waals surface area contributed by atoms with E-state index in [0.29, 0.717) is 17.1 Å². The van der Waals surface area contributed by atoms with Crippen molar-refractivity contribution in [2.45, 2.75) is 57.1 Å². The summed E-state index contributed by atoms with van der Waals surface area (Å²) in [6.07, 6.45) is 7.68. The van der Waals surface area contributed by atoms with Crippen LogP contribution in [0.1, 0.15) is 55.3 Å². The lowest BCUT2D eigenvalue weighted by molar-refractivity contribution is -0.139. The Balaban J connectivity index is 1.30. The number of aliphatic hydroxyl groups is 1. The van der Waals surface area contributed by atoms with Crippen LogP contribution in [0.25, 0.3) is 11.1 Å². The van der Waals surface area contributed by atoms with Gasteiger partial charge in [-0.1, -0.05) is 23.7 Å². The summed E-state index contributed by atoms with van der Waals surface area (Å²) in [5.41, 5.74) is 2.10. The molecule has 1 N–H and O–H groups in total. The highest BCUT2D eigenvalue weighted by atomic mass is 35.5. The molecule has 8 heteroatoms. The summed E-state index contributed by atoms with van der Waals surface area (Å²) in [4.78, 5) is 36.4. The van der Waals surface area contributed by atoms with E-state index in [0.717, 1.165) is 75.0 Å². The minimum atomic E-state index is -0.368. The number of hydrogen-bond acceptors (Lipinski definition) is 5. The third-order valence-electron chi connectivity index (χ3n) is 8.22. The summed E-state index contributed by atoms with van der Waals surface area (Å²) in [5, 5.41) is 10.4. The first-order valence-corrected chi connectivity index (χ1v) is 13.4. The van der Waals surface area contributed by atoms with Gasteiger partial charge in [0.15, 0.2) is 0 Å². The van der Waals surface area contributed by atoms with Crippen LogP contribution in [-0.4, -0.2) is 77.6 Å². The van der Waals surface area contributed by atoms with Gasteiger partial charge >= 0.3 is 0 Å². The number of aromatic nitrogens is 1. The number of carbonyl (C=O) groups excluding carboxylic acids is 2. The molecular formula is C28H35ClN4O3. The summed E-state index contributed by atoms with van der Waals surface area (Å²) in [6, 6.07) is 9.64. The molecule has 1 aromatic heterocycles. The molecule has 3 heterocycles. The van der Waals surface area contributed by atoms with Crippen LogP contribution in [0.15, 0.2) is 36.5 Å². The molecule has 1 aliphatic carbocycles. The van der Waals surface area contributed by atoms with E-state index in [2.05, 4.69) is 9.80 Å². The minimum Gasteiger partial charge on any atom is -0.393 e. The first-order chi connectivity index (χ1) is 17.3. The van der Waals surface area contributed by atoms with Crippen LogP contribution in [-0.2, 0) is 4.79 Å². The molecule has 1 atom stereocenters. The standard InChI is InChI=1S/C28H35ClN4O3/c1-31(2)26(35)20-6-4-19(5-7-20)21-16-24(29)25(30-17-21)32-14-3-12-28(18-32)13-15-33(27(28)36)22-8-10-23(34)11-9-22/h4-7,16-17,22-23,34H,3,8-15,18H2,1-2H3/t22?,23?,28-/m1/s1. The van der Waals surface area contributed by atoms with E-state index in [1.807, 2.05) is 36.5 Å². The van der Waals surface area contributed by atoms with E-state index in [9.17, 15) is 14.7 Å². The van der Waals surface area contributed by atoms with Crippen molar-refractivity contribution in [3.63, 3.8) is 0 Å². The molecule has 1 spiro atoms. The van der Waals surface area contributed by atoms with Crippen molar-refractivity contribution >= 4 is 29.2 Å². The summed E-state index contributed by atoms with van der Waals surface area (Å²) in [7, 11) is 3.47. The number of aliphatic hydroxyl groups excluding tert-OH is 1. The number of piperidine rings is 1. The van der Waals surface area contributed by atoms with Gasteiger partial charge in [0.2, 0.25) is 5.91 Å². The van der Waals surface area contributed by atoms with Gasteiger partial charge in [0, 0.05) is 57.1 Å². The fourth-order valence-electron chi connectivity index (χ4n) is 6.14. The summed E-state index contributed by atoms with van der Waals surface area (Å²) < 4.78 is 0. The van der Waals surface area contributed by atoms with Crippen LogP contribution >= 0.6 is 11.6 Å². The summed E-state index contributed by atoms with van der Waals surface area (Å²) in [5.74, 6) is 0.966. The van der Waals surface area contributed by atoms with Gasteiger partial charge in [-0.25, -0.2) is 4.98 Å². The number of halogens is 1. The lowest BCUT2D eigenvalue weighted by Gasteiger charge is -2.41. The fraction of sp³-hybridized carbons (Fsp3) is 0.536. The second-order valence-corrected chi connectivity index (χ2v) is 11.2. The monoisotopic (exact) mass is 510 g/mol. The zero-order valence-corrected chi connectivity index (χ0v) is 21.9. The molecule has 2 amide bonds. The molecule has 2 aromatic rings. The zero-order valence-electron chi connectivity index (χ0n) is 21.1. The first-order valence-electron chi connectivity index (χ1n) is 13.0. The molecule has 0 bridgehead atoms. The van der Waals surface area contributed by atoms with Gasteiger partial charge in [0.1, 0.15) is 5.82 Å². The Morgan fingerprint density at radius 1 is 1.08 bits per heavy atom. The highest BCUT2D eigenvalue weighted by Gasteiger charge is 2.51. The second-order valence-electron chi connectivity index (χ2n) is 10.8. The van der Waals surface area contributed by atoms with Gasteiger partial charge in [0.25, 0.3) is 5.91 Å². The number of likely N-dealkylation sites (tertiary alicyclic amines) is 1. The molecule has 5 rings (SSSR count). The van der Waals surface area contributed by atoms with Gasteiger partial charge in [-0.05, 0) is 68.7 Å². The second kappa shape index (κ2) is 10.0. The molecule has 192 valence electrons. The molecule has 36 heavy (non-hydrogen) atoms. The molecule has 0 radical (unpaired) electrons. The average Bonchev–Trinajstić information content (AvgIpc) is 3.19. The maximum Gasteiger partial charge on any atom is 0.253 e. The molecule has 1 aromatic carbocycles. The Morgan fingerprint density at radius 2 is 1.81 bits per heavy atom. The van der Waals surface area contributed by atoms with E-state index < -0.39 is 0 Å². The molecule has 0 unspecified atom stereocenters. The lowest BCUT2D eigenvalue weighted by Crippen LogP contribution is -2.50. The number of hydrogen-bond donors (Lipinski definition) is 1.